The first-order valence-electron chi connectivity index (χ1n) is 6.32. The van der Waals surface area contributed by atoms with Crippen LogP contribution in [0.25, 0.3) is 0 Å². The van der Waals surface area contributed by atoms with E-state index >= 15 is 0 Å². The number of benzene rings is 1. The van der Waals surface area contributed by atoms with Crippen molar-refractivity contribution in [1.29, 1.82) is 5.26 Å². The van der Waals surface area contributed by atoms with Crippen LogP contribution in [-0.4, -0.2) is 43.7 Å². The zero-order valence-corrected chi connectivity index (χ0v) is 11.0. The molecule has 96 valence electrons. The maximum absolute atomic E-state index is 8.81. The summed E-state index contributed by atoms with van der Waals surface area (Å²) in [6.07, 6.45) is 0. The fourth-order valence-corrected chi connectivity index (χ4v) is 2.46. The van der Waals surface area contributed by atoms with Crippen molar-refractivity contribution < 1.29 is 0 Å². The normalized spacial score (nSPS) is 24.9. The Morgan fingerprint density at radius 3 is 2.56 bits per heavy atom. The summed E-state index contributed by atoms with van der Waals surface area (Å²) >= 11 is 0. The van der Waals surface area contributed by atoms with Gasteiger partial charge in [0, 0.05) is 37.4 Å². The molecule has 0 spiro atoms. The Kier molecular flexibility index (Phi) is 3.85. The van der Waals surface area contributed by atoms with Crippen molar-refractivity contribution in [3.8, 4) is 6.07 Å². The number of nitrogens with zero attached hydrogens (tertiary/aromatic N) is 3. The van der Waals surface area contributed by atoms with Crippen LogP contribution in [0.15, 0.2) is 24.3 Å². The molecule has 0 saturated carbocycles. The molecule has 2 rings (SSSR count). The predicted octanol–water partition coefficient (Wildman–Crippen LogP) is 1.03. The summed E-state index contributed by atoms with van der Waals surface area (Å²) in [6.45, 7) is 4.84. The molecule has 1 aliphatic rings. The highest BCUT2D eigenvalue weighted by Crippen LogP contribution is 2.21. The van der Waals surface area contributed by atoms with Crippen LogP contribution in [0, 0.1) is 11.3 Å². The Morgan fingerprint density at radius 1 is 1.33 bits per heavy atom. The topological polar surface area (TPSA) is 56.3 Å². The highest BCUT2D eigenvalue weighted by atomic mass is 15.3. The van der Waals surface area contributed by atoms with Crippen molar-refractivity contribution in [2.24, 2.45) is 5.73 Å². The van der Waals surface area contributed by atoms with Gasteiger partial charge in [0.2, 0.25) is 0 Å². The highest BCUT2D eigenvalue weighted by molar-refractivity contribution is 5.50. The molecule has 1 aromatic rings. The molecule has 1 saturated heterocycles. The van der Waals surface area contributed by atoms with Crippen LogP contribution in [0.2, 0.25) is 0 Å². The molecule has 2 atom stereocenters. The lowest BCUT2D eigenvalue weighted by Crippen LogP contribution is -2.58. The van der Waals surface area contributed by atoms with Gasteiger partial charge in [-0.05, 0) is 38.2 Å². The quantitative estimate of drug-likeness (QED) is 0.844. The fourth-order valence-electron chi connectivity index (χ4n) is 2.46. The Bertz CT molecular complexity index is 434. The fraction of sp³-hybridized carbons (Fsp3) is 0.500. The summed E-state index contributed by atoms with van der Waals surface area (Å²) in [5.41, 5.74) is 7.71. The van der Waals surface area contributed by atoms with Gasteiger partial charge in [0.1, 0.15) is 0 Å². The van der Waals surface area contributed by atoms with Gasteiger partial charge in [0.25, 0.3) is 0 Å². The van der Waals surface area contributed by atoms with Gasteiger partial charge >= 0.3 is 0 Å². The van der Waals surface area contributed by atoms with Gasteiger partial charge in [0.15, 0.2) is 0 Å². The lowest BCUT2D eigenvalue weighted by Gasteiger charge is -2.44. The number of anilines is 1. The van der Waals surface area contributed by atoms with E-state index in [1.54, 1.807) is 0 Å². The number of hydrogen-bond acceptors (Lipinski definition) is 4. The Morgan fingerprint density at radius 2 is 2.00 bits per heavy atom. The van der Waals surface area contributed by atoms with Gasteiger partial charge in [-0.1, -0.05) is 0 Å². The SMILES string of the molecule is CC1CN(c2ccc(C#N)cc2)CC(CN)N1C. The Hall–Kier alpha value is -1.57. The molecule has 1 aliphatic heterocycles. The van der Waals surface area contributed by atoms with Gasteiger partial charge in [-0.15, -0.1) is 0 Å². The third kappa shape index (κ3) is 2.47. The molecular formula is C14H20N4. The minimum atomic E-state index is 0.393. The van der Waals surface area contributed by atoms with Crippen LogP contribution >= 0.6 is 0 Å². The second kappa shape index (κ2) is 5.38. The van der Waals surface area contributed by atoms with E-state index in [-0.39, 0.29) is 0 Å². The number of likely N-dealkylation sites (N-methyl/N-ethyl adjacent to an activating group) is 1. The van der Waals surface area contributed by atoms with Gasteiger partial charge in [-0.3, -0.25) is 4.90 Å². The maximum atomic E-state index is 8.81. The average Bonchev–Trinajstić information content (AvgIpc) is 2.42. The molecule has 4 heteroatoms. The standard InChI is InChI=1S/C14H20N4/c1-11-9-18(10-14(8-16)17(11)2)13-5-3-12(7-15)4-6-13/h3-6,11,14H,8-10,16H2,1-2H3. The van der Waals surface area contributed by atoms with Crippen LogP contribution < -0.4 is 10.6 Å². The molecule has 0 aliphatic carbocycles. The molecule has 0 radical (unpaired) electrons. The number of piperazine rings is 1. The number of nitriles is 1. The van der Waals surface area contributed by atoms with E-state index in [2.05, 4.69) is 29.8 Å². The van der Waals surface area contributed by atoms with E-state index in [0.29, 0.717) is 24.2 Å². The lowest BCUT2D eigenvalue weighted by atomic mass is 10.1. The number of nitrogens with two attached hydrogens (primary N) is 1. The van der Waals surface area contributed by atoms with Crippen LogP contribution in [0.5, 0.6) is 0 Å². The third-order valence-corrected chi connectivity index (χ3v) is 3.82. The zero-order chi connectivity index (χ0) is 13.1. The van der Waals surface area contributed by atoms with Crippen LogP contribution in [-0.2, 0) is 0 Å². The van der Waals surface area contributed by atoms with Crippen molar-refractivity contribution in [3.63, 3.8) is 0 Å². The van der Waals surface area contributed by atoms with Crippen molar-refractivity contribution in [3.05, 3.63) is 29.8 Å². The molecule has 0 bridgehead atoms. The molecule has 2 N–H and O–H groups in total. The summed E-state index contributed by atoms with van der Waals surface area (Å²) in [5.74, 6) is 0. The molecule has 0 amide bonds. The minimum absolute atomic E-state index is 0.393. The Labute approximate surface area is 109 Å². The average molecular weight is 244 g/mol. The van der Waals surface area contributed by atoms with Crippen molar-refractivity contribution in [2.45, 2.75) is 19.0 Å². The lowest BCUT2D eigenvalue weighted by molar-refractivity contribution is 0.162. The first-order chi connectivity index (χ1) is 8.65. The van der Waals surface area contributed by atoms with Gasteiger partial charge in [0.05, 0.1) is 11.6 Å². The number of rotatable bonds is 2. The van der Waals surface area contributed by atoms with E-state index in [9.17, 15) is 0 Å². The van der Waals surface area contributed by atoms with Gasteiger partial charge in [-0.2, -0.15) is 5.26 Å². The smallest absolute Gasteiger partial charge is 0.0991 e. The van der Waals surface area contributed by atoms with E-state index in [1.807, 2.05) is 24.3 Å². The molecule has 4 nitrogen and oxygen atoms in total. The molecular weight excluding hydrogens is 224 g/mol. The second-order valence-corrected chi connectivity index (χ2v) is 4.97. The van der Waals surface area contributed by atoms with E-state index < -0.39 is 0 Å². The monoisotopic (exact) mass is 244 g/mol. The first-order valence-corrected chi connectivity index (χ1v) is 6.32. The third-order valence-electron chi connectivity index (χ3n) is 3.82. The molecule has 1 fully saturated rings. The van der Waals surface area contributed by atoms with E-state index in [0.717, 1.165) is 13.1 Å². The molecule has 0 aromatic heterocycles. The summed E-state index contributed by atoms with van der Waals surface area (Å²) in [5, 5.41) is 8.81. The van der Waals surface area contributed by atoms with Gasteiger partial charge < -0.3 is 10.6 Å². The first kappa shape index (κ1) is 12.9. The predicted molar refractivity (Wildman–Crippen MR) is 73.4 cm³/mol. The molecule has 1 aromatic carbocycles. The van der Waals surface area contributed by atoms with E-state index in [1.165, 1.54) is 5.69 Å². The zero-order valence-electron chi connectivity index (χ0n) is 11.0. The molecule has 1 heterocycles. The highest BCUT2D eigenvalue weighted by Gasteiger charge is 2.28. The van der Waals surface area contributed by atoms with Crippen LogP contribution in [0.1, 0.15) is 12.5 Å². The summed E-state index contributed by atoms with van der Waals surface area (Å²) in [7, 11) is 2.14. The summed E-state index contributed by atoms with van der Waals surface area (Å²) < 4.78 is 0. The molecule has 2 unspecified atom stereocenters. The summed E-state index contributed by atoms with van der Waals surface area (Å²) in [4.78, 5) is 4.70. The van der Waals surface area contributed by atoms with Crippen molar-refractivity contribution >= 4 is 5.69 Å². The molecule has 18 heavy (non-hydrogen) atoms. The van der Waals surface area contributed by atoms with E-state index in [4.69, 9.17) is 11.0 Å². The largest absolute Gasteiger partial charge is 0.368 e. The van der Waals surface area contributed by atoms with Crippen LogP contribution in [0.4, 0.5) is 5.69 Å². The minimum Gasteiger partial charge on any atom is -0.368 e. The summed E-state index contributed by atoms with van der Waals surface area (Å²) in [6, 6.07) is 10.8. The van der Waals surface area contributed by atoms with Crippen molar-refractivity contribution in [1.82, 2.24) is 4.90 Å². The second-order valence-electron chi connectivity index (χ2n) is 4.97. The maximum Gasteiger partial charge on any atom is 0.0991 e. The Balaban J connectivity index is 2.15. The van der Waals surface area contributed by atoms with Crippen molar-refractivity contribution in [2.75, 3.05) is 31.6 Å². The van der Waals surface area contributed by atoms with Crippen LogP contribution in [0.3, 0.4) is 0 Å². The number of hydrogen-bond donors (Lipinski definition) is 1. The van der Waals surface area contributed by atoms with Gasteiger partial charge in [-0.25, -0.2) is 0 Å².